The van der Waals surface area contributed by atoms with Crippen molar-refractivity contribution in [3.63, 3.8) is 0 Å². The zero-order valence-corrected chi connectivity index (χ0v) is 28.5. The molecule has 0 amide bonds. The Balaban J connectivity index is 0. The summed E-state index contributed by atoms with van der Waals surface area (Å²) in [5.41, 5.74) is 0. The standard InChI is InChI=1S/C24H54BrSi3.Li/c1-19(2,3)27(20(4,5)6,21(7,8)9)26(25)28(22(10,11)12,23(13,14)15)24(16,17)18;/h1-18H3;/q-1;+1. The summed E-state index contributed by atoms with van der Waals surface area (Å²) in [6.07, 6.45) is 0. The van der Waals surface area contributed by atoms with E-state index in [0.29, 0.717) is 30.2 Å². The van der Waals surface area contributed by atoms with Gasteiger partial charge in [-0.1, -0.05) is 170 Å². The van der Waals surface area contributed by atoms with Gasteiger partial charge in [0.15, 0.2) is 0 Å². The first-order valence-electron chi connectivity index (χ1n) is 11.2. The average Bonchev–Trinajstić information content (AvgIpc) is 2.14. The van der Waals surface area contributed by atoms with Crippen LogP contribution in [0, 0.1) is 0 Å². The molecule has 0 saturated carbocycles. The molecule has 0 unspecified atom stereocenters. The SMILES string of the molecule is CC(C)(C)[Si]([Si-](Br)[Si](C(C)(C)C)(C(C)(C)C)C(C)(C)C)(C(C)(C)C)C(C)(C)C.[Li+]. The predicted octanol–water partition coefficient (Wildman–Crippen LogP) is 7.23. The quantitative estimate of drug-likeness (QED) is 0.270. The van der Waals surface area contributed by atoms with E-state index in [-0.39, 0.29) is 18.9 Å². The fourth-order valence-electron chi connectivity index (χ4n) is 9.01. The summed E-state index contributed by atoms with van der Waals surface area (Å²) in [4.78, 5) is 0. The Morgan fingerprint density at radius 2 is 0.483 bits per heavy atom. The van der Waals surface area contributed by atoms with Gasteiger partial charge in [-0.15, -0.1) is 0 Å². The Bertz CT molecular complexity index is 422. The van der Waals surface area contributed by atoms with Gasteiger partial charge in [-0.3, -0.25) is 0 Å². The Hall–Kier alpha value is 1.73. The zero-order valence-electron chi connectivity index (χ0n) is 23.9. The minimum atomic E-state index is -1.89. The van der Waals surface area contributed by atoms with Crippen LogP contribution in [-0.2, 0) is 0 Å². The molecular formula is C24H54BrLiSi3. The number of halogens is 1. The van der Waals surface area contributed by atoms with Crippen LogP contribution in [0.2, 0.25) is 30.2 Å². The summed E-state index contributed by atoms with van der Waals surface area (Å²) in [6.45, 7) is 45.6. The van der Waals surface area contributed by atoms with Gasteiger partial charge in [0.2, 0.25) is 0 Å². The van der Waals surface area contributed by atoms with Crippen molar-refractivity contribution in [3.05, 3.63) is 0 Å². The molecule has 0 aromatic rings. The fourth-order valence-corrected chi connectivity index (χ4v) is 98.0. The normalized spacial score (nSPS) is 16.1. The predicted molar refractivity (Wildman–Crippen MR) is 144 cm³/mol. The van der Waals surface area contributed by atoms with E-state index in [0.717, 1.165) is 0 Å². The van der Waals surface area contributed by atoms with E-state index in [1.807, 2.05) is 0 Å². The minimum Gasteiger partial charge on any atom is -0.360 e. The van der Waals surface area contributed by atoms with Crippen molar-refractivity contribution in [2.75, 3.05) is 0 Å². The summed E-state index contributed by atoms with van der Waals surface area (Å²) in [6, 6.07) is 0. The van der Waals surface area contributed by atoms with Crippen molar-refractivity contribution < 1.29 is 18.9 Å². The van der Waals surface area contributed by atoms with Crippen LogP contribution in [0.1, 0.15) is 125 Å². The fraction of sp³-hybridized carbons (Fsp3) is 1.00. The zero-order chi connectivity index (χ0) is 23.6. The van der Waals surface area contributed by atoms with Crippen molar-refractivity contribution in [1.82, 2.24) is 0 Å². The molecule has 29 heavy (non-hydrogen) atoms. The Morgan fingerprint density at radius 1 is 0.379 bits per heavy atom. The van der Waals surface area contributed by atoms with E-state index >= 15 is 0 Å². The van der Waals surface area contributed by atoms with Gasteiger partial charge in [-0.05, 0) is 0 Å². The molecule has 0 aliphatic rings. The van der Waals surface area contributed by atoms with Crippen molar-refractivity contribution in [3.8, 4) is 0 Å². The maximum absolute atomic E-state index is 4.77. The second-order valence-corrected chi connectivity index (χ2v) is 43.7. The third kappa shape index (κ3) is 4.98. The molecule has 0 atom stereocenters. The van der Waals surface area contributed by atoms with Crippen LogP contribution >= 0.6 is 15.3 Å². The first-order valence-corrected chi connectivity index (χ1v) is 20.9. The largest absolute Gasteiger partial charge is 1.00 e. The van der Waals surface area contributed by atoms with Gasteiger partial charge in [-0.25, -0.2) is 0 Å². The van der Waals surface area contributed by atoms with Crippen molar-refractivity contribution in [2.24, 2.45) is 0 Å². The van der Waals surface area contributed by atoms with E-state index in [1.165, 1.54) is 0 Å². The molecule has 0 aromatic carbocycles. The summed E-state index contributed by atoms with van der Waals surface area (Å²) in [7, 11) is -3.78. The Kier molecular flexibility index (Phi) is 10.0. The molecule has 0 aromatic heterocycles. The summed E-state index contributed by atoms with van der Waals surface area (Å²) < 4.78 is 0. The van der Waals surface area contributed by atoms with Gasteiger partial charge in [0.05, 0.1) is 0 Å². The third-order valence-corrected chi connectivity index (χ3v) is 57.1. The maximum atomic E-state index is 4.77. The molecule has 0 heterocycles. The van der Waals surface area contributed by atoms with E-state index in [4.69, 9.17) is 15.3 Å². The Labute approximate surface area is 209 Å². The molecule has 170 valence electrons. The maximum Gasteiger partial charge on any atom is 1.00 e. The third-order valence-electron chi connectivity index (χ3n) is 7.41. The molecule has 0 saturated heterocycles. The summed E-state index contributed by atoms with van der Waals surface area (Å²) in [5.74, 6) is 0. The molecule has 0 fully saturated rings. The molecule has 0 rings (SSSR count). The molecule has 0 radical (unpaired) electrons. The van der Waals surface area contributed by atoms with Crippen LogP contribution in [0.25, 0.3) is 0 Å². The van der Waals surface area contributed by atoms with Crippen LogP contribution in [0.5, 0.6) is 0 Å². The van der Waals surface area contributed by atoms with Crippen molar-refractivity contribution >= 4 is 36.9 Å². The second-order valence-electron chi connectivity index (χ2n) is 15.3. The van der Waals surface area contributed by atoms with Gasteiger partial charge in [0.25, 0.3) is 0 Å². The number of rotatable bonds is 2. The second kappa shape index (κ2) is 8.82. The van der Waals surface area contributed by atoms with Crippen LogP contribution in [-0.4, -0.2) is 21.6 Å². The summed E-state index contributed by atoms with van der Waals surface area (Å²) >= 11 is 4.77. The van der Waals surface area contributed by atoms with E-state index < -0.39 is 21.6 Å². The molecular weight excluding hydrogens is 459 g/mol. The van der Waals surface area contributed by atoms with Crippen LogP contribution in [0.4, 0.5) is 0 Å². The van der Waals surface area contributed by atoms with Crippen LogP contribution < -0.4 is 18.9 Å². The van der Waals surface area contributed by atoms with Crippen molar-refractivity contribution in [1.29, 1.82) is 0 Å². The molecule has 0 aliphatic heterocycles. The number of hydrogen-bond acceptors (Lipinski definition) is 0. The topological polar surface area (TPSA) is 0 Å². The van der Waals surface area contributed by atoms with Gasteiger partial charge < -0.3 is 15.3 Å². The van der Waals surface area contributed by atoms with Gasteiger partial charge in [0, 0.05) is 0 Å². The van der Waals surface area contributed by atoms with Crippen LogP contribution in [0.15, 0.2) is 0 Å². The molecule has 0 bridgehead atoms. The first kappa shape index (κ1) is 32.9. The molecule has 0 spiro atoms. The van der Waals surface area contributed by atoms with E-state index in [9.17, 15) is 0 Å². The monoisotopic (exact) mass is 512 g/mol. The molecule has 0 N–H and O–H groups in total. The van der Waals surface area contributed by atoms with Crippen LogP contribution in [0.3, 0.4) is 0 Å². The smallest absolute Gasteiger partial charge is 0.360 e. The molecule has 0 aliphatic carbocycles. The van der Waals surface area contributed by atoms with E-state index in [2.05, 4.69) is 125 Å². The van der Waals surface area contributed by atoms with Crippen molar-refractivity contribution in [2.45, 2.75) is 155 Å². The number of hydrogen-bond donors (Lipinski definition) is 0. The summed E-state index contributed by atoms with van der Waals surface area (Å²) in [5, 5.41) is 2.01. The molecule has 5 heteroatoms. The van der Waals surface area contributed by atoms with Gasteiger partial charge in [0.1, 0.15) is 0 Å². The average molecular weight is 514 g/mol. The Morgan fingerprint density at radius 3 is 0.552 bits per heavy atom. The minimum absolute atomic E-state index is 0. The first-order chi connectivity index (χ1) is 11.7. The molecule has 0 nitrogen and oxygen atoms in total. The van der Waals surface area contributed by atoms with Gasteiger partial charge in [-0.2, -0.15) is 6.45 Å². The van der Waals surface area contributed by atoms with E-state index in [1.54, 1.807) is 0 Å². The van der Waals surface area contributed by atoms with Gasteiger partial charge >= 0.3 is 18.9 Å².